The molecule has 1 saturated heterocycles. The molecule has 1 fully saturated rings. The zero-order valence-electron chi connectivity index (χ0n) is 10.0. The van der Waals surface area contributed by atoms with Crippen LogP contribution in [0.5, 0.6) is 0 Å². The standard InChI is InChI=1S/C10H20BBrO3/c1-9(2)10(3,4)15-11(14-9)13-8-6-5-7-12/h5-8H2,1-4H3. The number of unbranched alkanes of at least 4 members (excludes halogenated alkanes) is 1. The van der Waals surface area contributed by atoms with Crippen molar-refractivity contribution in [3.8, 4) is 0 Å². The summed E-state index contributed by atoms with van der Waals surface area (Å²) in [6.07, 6.45) is 2.13. The molecule has 1 rings (SSSR count). The van der Waals surface area contributed by atoms with Gasteiger partial charge in [-0.2, -0.15) is 0 Å². The second-order valence-electron chi connectivity index (χ2n) is 4.81. The molecule has 0 amide bonds. The van der Waals surface area contributed by atoms with Gasteiger partial charge in [-0.1, -0.05) is 15.9 Å². The first-order valence-corrected chi connectivity index (χ1v) is 6.54. The molecule has 0 unspecified atom stereocenters. The first kappa shape index (κ1) is 13.5. The van der Waals surface area contributed by atoms with Gasteiger partial charge in [0.25, 0.3) is 0 Å². The van der Waals surface area contributed by atoms with Gasteiger partial charge in [-0.3, -0.25) is 0 Å². The molecular weight excluding hydrogens is 259 g/mol. The molecule has 1 heterocycles. The highest BCUT2D eigenvalue weighted by atomic mass is 79.9. The average Bonchev–Trinajstić information content (AvgIpc) is 2.30. The minimum atomic E-state index is -0.509. The van der Waals surface area contributed by atoms with Gasteiger partial charge in [0.2, 0.25) is 0 Å². The second kappa shape index (κ2) is 5.17. The zero-order chi connectivity index (χ0) is 11.5. The van der Waals surface area contributed by atoms with Crippen LogP contribution in [0.4, 0.5) is 0 Å². The molecule has 0 N–H and O–H groups in total. The number of alkyl halides is 1. The zero-order valence-corrected chi connectivity index (χ0v) is 11.6. The van der Waals surface area contributed by atoms with E-state index >= 15 is 0 Å². The minimum Gasteiger partial charge on any atom is -0.386 e. The Bertz CT molecular complexity index is 193. The first-order chi connectivity index (χ1) is 6.89. The van der Waals surface area contributed by atoms with Crippen LogP contribution in [0.1, 0.15) is 40.5 Å². The molecule has 15 heavy (non-hydrogen) atoms. The largest absolute Gasteiger partial charge is 0.640 e. The Hall–Kier alpha value is 0.425. The van der Waals surface area contributed by atoms with Crippen LogP contribution < -0.4 is 0 Å². The number of hydrogen-bond donors (Lipinski definition) is 0. The van der Waals surface area contributed by atoms with Crippen molar-refractivity contribution in [2.45, 2.75) is 51.7 Å². The molecule has 3 nitrogen and oxygen atoms in total. The molecule has 0 spiro atoms. The van der Waals surface area contributed by atoms with Crippen molar-refractivity contribution < 1.29 is 14.0 Å². The Balaban J connectivity index is 2.30. The second-order valence-corrected chi connectivity index (χ2v) is 5.60. The quantitative estimate of drug-likeness (QED) is 0.440. The molecule has 0 aliphatic carbocycles. The summed E-state index contributed by atoms with van der Waals surface area (Å²) >= 11 is 3.38. The summed E-state index contributed by atoms with van der Waals surface area (Å²) in [5, 5.41) is 1.01. The van der Waals surface area contributed by atoms with Crippen LogP contribution in [-0.2, 0) is 14.0 Å². The van der Waals surface area contributed by atoms with Gasteiger partial charge in [-0.15, -0.1) is 0 Å². The molecule has 0 radical (unpaired) electrons. The van der Waals surface area contributed by atoms with Gasteiger partial charge < -0.3 is 14.0 Å². The maximum absolute atomic E-state index is 5.69. The van der Waals surface area contributed by atoms with E-state index in [4.69, 9.17) is 14.0 Å². The molecule has 1 aliphatic heterocycles. The molecule has 0 aromatic heterocycles. The monoisotopic (exact) mass is 278 g/mol. The maximum atomic E-state index is 5.69. The van der Waals surface area contributed by atoms with Crippen LogP contribution >= 0.6 is 15.9 Å². The minimum absolute atomic E-state index is 0.299. The van der Waals surface area contributed by atoms with Crippen molar-refractivity contribution in [3.63, 3.8) is 0 Å². The molecule has 0 aromatic rings. The lowest BCUT2D eigenvalue weighted by atomic mass is 9.90. The summed E-state index contributed by atoms with van der Waals surface area (Å²) in [5.41, 5.74) is -0.597. The Morgan fingerprint density at radius 1 is 1.07 bits per heavy atom. The fourth-order valence-electron chi connectivity index (χ4n) is 1.23. The van der Waals surface area contributed by atoms with Gasteiger partial charge in [0, 0.05) is 11.9 Å². The molecule has 1 aliphatic rings. The highest BCUT2D eigenvalue weighted by Gasteiger charge is 2.52. The average molecular weight is 279 g/mol. The Kier molecular flexibility index (Phi) is 4.65. The third-order valence-electron chi connectivity index (χ3n) is 3.01. The molecule has 88 valence electrons. The van der Waals surface area contributed by atoms with E-state index in [1.807, 2.05) is 27.7 Å². The summed E-state index contributed by atoms with van der Waals surface area (Å²) in [4.78, 5) is 0. The van der Waals surface area contributed by atoms with E-state index in [9.17, 15) is 0 Å². The lowest BCUT2D eigenvalue weighted by Gasteiger charge is -2.31. The van der Waals surface area contributed by atoms with E-state index in [1.165, 1.54) is 0 Å². The topological polar surface area (TPSA) is 27.7 Å². The van der Waals surface area contributed by atoms with E-state index in [0.717, 1.165) is 18.2 Å². The van der Waals surface area contributed by atoms with Gasteiger partial charge >= 0.3 is 7.32 Å². The lowest BCUT2D eigenvalue weighted by molar-refractivity contribution is 0.00578. The molecule has 0 atom stereocenters. The van der Waals surface area contributed by atoms with Crippen LogP contribution in [0.2, 0.25) is 0 Å². The van der Waals surface area contributed by atoms with Gasteiger partial charge in [-0.25, -0.2) is 0 Å². The van der Waals surface area contributed by atoms with Crippen molar-refractivity contribution in [2.75, 3.05) is 11.9 Å². The lowest BCUT2D eigenvalue weighted by Crippen LogP contribution is -2.41. The molecule has 5 heteroatoms. The van der Waals surface area contributed by atoms with Crippen LogP contribution in [0.25, 0.3) is 0 Å². The van der Waals surface area contributed by atoms with Gasteiger partial charge in [0.15, 0.2) is 0 Å². The fourth-order valence-corrected chi connectivity index (χ4v) is 1.63. The van der Waals surface area contributed by atoms with E-state index in [0.29, 0.717) is 6.61 Å². The highest BCUT2D eigenvalue weighted by Crippen LogP contribution is 2.36. The molecular formula is C10H20BBrO3. The predicted octanol–water partition coefficient (Wildman–Crippen LogP) is 2.77. The molecule has 0 saturated carbocycles. The summed E-state index contributed by atoms with van der Waals surface area (Å²) in [5.74, 6) is 0. The highest BCUT2D eigenvalue weighted by molar-refractivity contribution is 9.09. The Morgan fingerprint density at radius 2 is 1.60 bits per heavy atom. The van der Waals surface area contributed by atoms with Gasteiger partial charge in [-0.05, 0) is 40.5 Å². The van der Waals surface area contributed by atoms with Gasteiger partial charge in [0.1, 0.15) is 0 Å². The van der Waals surface area contributed by atoms with Crippen LogP contribution in [0.15, 0.2) is 0 Å². The smallest absolute Gasteiger partial charge is 0.386 e. The number of hydrogen-bond acceptors (Lipinski definition) is 3. The third kappa shape index (κ3) is 3.44. The molecule has 0 bridgehead atoms. The van der Waals surface area contributed by atoms with Crippen molar-refractivity contribution in [3.05, 3.63) is 0 Å². The third-order valence-corrected chi connectivity index (χ3v) is 3.57. The van der Waals surface area contributed by atoms with Gasteiger partial charge in [0.05, 0.1) is 11.2 Å². The summed E-state index contributed by atoms with van der Waals surface area (Å²) in [6.45, 7) is 8.77. The predicted molar refractivity (Wildman–Crippen MR) is 65.1 cm³/mol. The number of halogens is 1. The molecule has 0 aromatic carbocycles. The van der Waals surface area contributed by atoms with Crippen LogP contribution in [0, 0.1) is 0 Å². The SMILES string of the molecule is CC1(C)OB(OCCCCBr)OC1(C)C. The van der Waals surface area contributed by atoms with E-state index in [2.05, 4.69) is 15.9 Å². The van der Waals surface area contributed by atoms with Crippen LogP contribution in [0.3, 0.4) is 0 Å². The van der Waals surface area contributed by atoms with E-state index < -0.39 is 7.32 Å². The van der Waals surface area contributed by atoms with Crippen molar-refractivity contribution >= 4 is 23.3 Å². The summed E-state index contributed by atoms with van der Waals surface area (Å²) in [7, 11) is -0.509. The van der Waals surface area contributed by atoms with Crippen molar-refractivity contribution in [2.24, 2.45) is 0 Å². The van der Waals surface area contributed by atoms with Crippen molar-refractivity contribution in [1.29, 1.82) is 0 Å². The summed E-state index contributed by atoms with van der Waals surface area (Å²) < 4.78 is 16.9. The van der Waals surface area contributed by atoms with Crippen molar-refractivity contribution in [1.82, 2.24) is 0 Å². The van der Waals surface area contributed by atoms with E-state index in [-0.39, 0.29) is 11.2 Å². The Morgan fingerprint density at radius 3 is 2.07 bits per heavy atom. The fraction of sp³-hybridized carbons (Fsp3) is 1.00. The number of rotatable bonds is 5. The van der Waals surface area contributed by atoms with Crippen LogP contribution in [-0.4, -0.2) is 30.5 Å². The maximum Gasteiger partial charge on any atom is 0.640 e. The normalized spacial score (nSPS) is 23.4. The van der Waals surface area contributed by atoms with E-state index in [1.54, 1.807) is 0 Å². The Labute approximate surface area is 101 Å². The first-order valence-electron chi connectivity index (χ1n) is 5.42. The summed E-state index contributed by atoms with van der Waals surface area (Å²) in [6, 6.07) is 0.